The van der Waals surface area contributed by atoms with Gasteiger partial charge in [-0.2, -0.15) is 0 Å². The molecule has 0 heterocycles. The van der Waals surface area contributed by atoms with Crippen molar-refractivity contribution in [3.8, 4) is 0 Å². The van der Waals surface area contributed by atoms with Crippen molar-refractivity contribution in [2.24, 2.45) is 0 Å². The number of likely N-dealkylation sites (N-methyl/N-ethyl adjacent to an activating group) is 1. The lowest BCUT2D eigenvalue weighted by Gasteiger charge is -2.36. The topological polar surface area (TPSA) is 3.24 Å². The quantitative estimate of drug-likeness (QED) is 0.706. The van der Waals surface area contributed by atoms with Crippen molar-refractivity contribution in [1.82, 2.24) is 4.90 Å². The molecule has 0 aromatic heterocycles. The Labute approximate surface area is 135 Å². The van der Waals surface area contributed by atoms with Crippen molar-refractivity contribution in [1.29, 1.82) is 0 Å². The molecule has 1 nitrogen and oxygen atoms in total. The van der Waals surface area contributed by atoms with Crippen LogP contribution >= 0.6 is 22.6 Å². The zero-order valence-electron chi connectivity index (χ0n) is 12.0. The van der Waals surface area contributed by atoms with E-state index in [1.807, 2.05) is 0 Å². The summed E-state index contributed by atoms with van der Waals surface area (Å²) in [4.78, 5) is 2.37. The van der Waals surface area contributed by atoms with Gasteiger partial charge in [-0.05, 0) is 72.3 Å². The van der Waals surface area contributed by atoms with Gasteiger partial charge < -0.3 is 4.90 Å². The Morgan fingerprint density at radius 1 is 0.950 bits per heavy atom. The van der Waals surface area contributed by atoms with Crippen LogP contribution in [0.5, 0.6) is 0 Å². The fourth-order valence-electron chi connectivity index (χ4n) is 3.24. The predicted molar refractivity (Wildman–Crippen MR) is 93.2 cm³/mol. The number of rotatable bonds is 2. The van der Waals surface area contributed by atoms with E-state index >= 15 is 0 Å². The molecule has 0 aliphatic heterocycles. The maximum absolute atomic E-state index is 2.47. The van der Waals surface area contributed by atoms with Gasteiger partial charge in [0.25, 0.3) is 0 Å². The second kappa shape index (κ2) is 5.86. The van der Waals surface area contributed by atoms with Gasteiger partial charge in [0, 0.05) is 15.5 Å². The van der Waals surface area contributed by atoms with Crippen LogP contribution in [-0.2, 0) is 6.42 Å². The first-order valence-electron chi connectivity index (χ1n) is 7.15. The molecule has 2 atom stereocenters. The van der Waals surface area contributed by atoms with E-state index < -0.39 is 0 Å². The Bertz CT molecular complexity index is 606. The molecule has 0 N–H and O–H groups in total. The second-order valence-electron chi connectivity index (χ2n) is 5.83. The maximum atomic E-state index is 2.47. The third kappa shape index (κ3) is 2.63. The van der Waals surface area contributed by atoms with Crippen LogP contribution in [0.4, 0.5) is 0 Å². The largest absolute Gasteiger partial charge is 0.306 e. The number of benzene rings is 2. The van der Waals surface area contributed by atoms with Gasteiger partial charge in [-0.25, -0.2) is 0 Å². The summed E-state index contributed by atoms with van der Waals surface area (Å²) in [7, 11) is 4.40. The van der Waals surface area contributed by atoms with E-state index in [9.17, 15) is 0 Å². The highest BCUT2D eigenvalue weighted by atomic mass is 127. The monoisotopic (exact) mass is 377 g/mol. The summed E-state index contributed by atoms with van der Waals surface area (Å²) in [5.74, 6) is 0.528. The van der Waals surface area contributed by atoms with Crippen LogP contribution in [0.25, 0.3) is 0 Å². The molecule has 0 fully saturated rings. The Morgan fingerprint density at radius 2 is 1.60 bits per heavy atom. The van der Waals surface area contributed by atoms with Crippen LogP contribution < -0.4 is 0 Å². The average Bonchev–Trinajstić information content (AvgIpc) is 2.46. The summed E-state index contributed by atoms with van der Waals surface area (Å²) in [6, 6.07) is 18.4. The van der Waals surface area contributed by atoms with Crippen molar-refractivity contribution in [3.05, 3.63) is 68.8 Å². The molecule has 2 aromatic rings. The Hall–Kier alpha value is -0.870. The van der Waals surface area contributed by atoms with Crippen LogP contribution in [0.3, 0.4) is 0 Å². The van der Waals surface area contributed by atoms with Gasteiger partial charge in [0.1, 0.15) is 0 Å². The standard InChI is InChI=1S/C18H20IN/c1-20(2)14-11-13-7-3-4-8-15(13)17(12-14)16-9-5-6-10-18(16)19/h3-10,14,17H,11-12H2,1-2H3. The minimum absolute atomic E-state index is 0.528. The van der Waals surface area contributed by atoms with Gasteiger partial charge in [-0.1, -0.05) is 42.5 Å². The van der Waals surface area contributed by atoms with Crippen LogP contribution in [0.1, 0.15) is 29.0 Å². The number of hydrogen-bond acceptors (Lipinski definition) is 1. The fourth-order valence-corrected chi connectivity index (χ4v) is 4.01. The zero-order chi connectivity index (χ0) is 14.1. The van der Waals surface area contributed by atoms with Crippen LogP contribution in [-0.4, -0.2) is 25.0 Å². The lowest BCUT2D eigenvalue weighted by Crippen LogP contribution is -2.35. The Balaban J connectivity index is 2.07. The van der Waals surface area contributed by atoms with Gasteiger partial charge in [0.2, 0.25) is 0 Å². The molecular weight excluding hydrogens is 357 g/mol. The summed E-state index contributed by atoms with van der Waals surface area (Å²) < 4.78 is 1.38. The first-order chi connectivity index (χ1) is 9.66. The lowest BCUT2D eigenvalue weighted by molar-refractivity contribution is 0.258. The van der Waals surface area contributed by atoms with Crippen molar-refractivity contribution < 1.29 is 0 Å². The highest BCUT2D eigenvalue weighted by molar-refractivity contribution is 14.1. The maximum Gasteiger partial charge on any atom is 0.0168 e. The average molecular weight is 377 g/mol. The summed E-state index contributed by atoms with van der Waals surface area (Å²) in [6.07, 6.45) is 2.38. The molecule has 1 aliphatic carbocycles. The third-order valence-corrected chi connectivity index (χ3v) is 5.39. The van der Waals surface area contributed by atoms with Crippen LogP contribution in [0, 0.1) is 3.57 Å². The molecule has 0 bridgehead atoms. The molecule has 0 amide bonds. The zero-order valence-corrected chi connectivity index (χ0v) is 14.2. The van der Waals surface area contributed by atoms with Crippen LogP contribution in [0.2, 0.25) is 0 Å². The van der Waals surface area contributed by atoms with Gasteiger partial charge in [0.05, 0.1) is 0 Å². The van der Waals surface area contributed by atoms with E-state index in [-0.39, 0.29) is 0 Å². The van der Waals surface area contributed by atoms with Gasteiger partial charge in [-0.15, -0.1) is 0 Å². The summed E-state index contributed by atoms with van der Waals surface area (Å²) in [6.45, 7) is 0. The predicted octanol–water partition coefficient (Wildman–Crippen LogP) is 4.30. The molecule has 1 aliphatic rings. The molecule has 2 unspecified atom stereocenters. The highest BCUT2D eigenvalue weighted by Gasteiger charge is 2.29. The van der Waals surface area contributed by atoms with Gasteiger partial charge >= 0.3 is 0 Å². The molecule has 3 rings (SSSR count). The number of halogens is 1. The third-order valence-electron chi connectivity index (χ3n) is 4.40. The van der Waals surface area contributed by atoms with E-state index in [0.29, 0.717) is 12.0 Å². The van der Waals surface area contributed by atoms with E-state index in [1.165, 1.54) is 33.1 Å². The second-order valence-corrected chi connectivity index (χ2v) is 6.99. The minimum atomic E-state index is 0.528. The summed E-state index contributed by atoms with van der Waals surface area (Å²) >= 11 is 2.47. The van der Waals surface area contributed by atoms with E-state index in [0.717, 1.165) is 0 Å². The molecular formula is C18H20IN. The molecule has 2 aromatic carbocycles. The number of nitrogens with zero attached hydrogens (tertiary/aromatic N) is 1. The smallest absolute Gasteiger partial charge is 0.0168 e. The van der Waals surface area contributed by atoms with Gasteiger partial charge in [0.15, 0.2) is 0 Å². The number of hydrogen-bond donors (Lipinski definition) is 0. The van der Waals surface area contributed by atoms with Gasteiger partial charge in [-0.3, -0.25) is 0 Å². The Kier molecular flexibility index (Phi) is 4.13. The lowest BCUT2D eigenvalue weighted by atomic mass is 9.76. The molecule has 0 radical (unpaired) electrons. The highest BCUT2D eigenvalue weighted by Crippen LogP contribution is 2.39. The normalized spacial score (nSPS) is 21.8. The summed E-state index contributed by atoms with van der Waals surface area (Å²) in [5.41, 5.74) is 4.52. The fraction of sp³-hybridized carbons (Fsp3) is 0.333. The van der Waals surface area contributed by atoms with E-state index in [1.54, 1.807) is 0 Å². The minimum Gasteiger partial charge on any atom is -0.306 e. The first kappa shape index (κ1) is 14.1. The number of fused-ring (bicyclic) bond motifs is 1. The molecule has 0 spiro atoms. The van der Waals surface area contributed by atoms with E-state index in [4.69, 9.17) is 0 Å². The van der Waals surface area contributed by atoms with Crippen molar-refractivity contribution in [2.45, 2.75) is 24.8 Å². The molecule has 20 heavy (non-hydrogen) atoms. The molecule has 2 heteroatoms. The van der Waals surface area contributed by atoms with Crippen molar-refractivity contribution in [3.63, 3.8) is 0 Å². The summed E-state index contributed by atoms with van der Waals surface area (Å²) in [5, 5.41) is 0. The molecule has 0 saturated heterocycles. The van der Waals surface area contributed by atoms with Crippen molar-refractivity contribution in [2.75, 3.05) is 14.1 Å². The SMILES string of the molecule is CN(C)C1Cc2ccccc2C(c2ccccc2I)C1. The molecule has 104 valence electrons. The Morgan fingerprint density at radius 3 is 2.30 bits per heavy atom. The van der Waals surface area contributed by atoms with Crippen LogP contribution in [0.15, 0.2) is 48.5 Å². The van der Waals surface area contributed by atoms with E-state index in [2.05, 4.69) is 90.1 Å². The molecule has 0 saturated carbocycles. The van der Waals surface area contributed by atoms with Crippen molar-refractivity contribution >= 4 is 22.6 Å². The first-order valence-corrected chi connectivity index (χ1v) is 8.23.